The Morgan fingerprint density at radius 1 is 1.19 bits per heavy atom. The Morgan fingerprint density at radius 2 is 1.92 bits per heavy atom. The lowest BCUT2D eigenvalue weighted by atomic mass is 9.96. The molecule has 3 N–H and O–H groups in total. The van der Waals surface area contributed by atoms with E-state index in [1.165, 1.54) is 0 Å². The predicted molar refractivity (Wildman–Crippen MR) is 98.6 cm³/mol. The SMILES string of the molecule is CCNS(=O)(=O)c1ccc(CCNC(=O)c2n[nH]c3c2CCCC3)cc1. The molecule has 2 aromatic rings. The Bertz CT molecular complexity index is 872. The first kappa shape index (κ1) is 18.6. The van der Waals surface area contributed by atoms with Gasteiger partial charge in [0.25, 0.3) is 5.91 Å². The highest BCUT2D eigenvalue weighted by Crippen LogP contribution is 2.22. The van der Waals surface area contributed by atoms with E-state index in [0.717, 1.165) is 42.5 Å². The molecule has 1 aliphatic rings. The van der Waals surface area contributed by atoms with Crippen molar-refractivity contribution in [2.24, 2.45) is 0 Å². The topological polar surface area (TPSA) is 104 Å². The monoisotopic (exact) mass is 376 g/mol. The molecule has 7 nitrogen and oxygen atoms in total. The van der Waals surface area contributed by atoms with Crippen LogP contribution < -0.4 is 10.0 Å². The van der Waals surface area contributed by atoms with Crippen molar-refractivity contribution in [1.29, 1.82) is 0 Å². The molecule has 0 aliphatic heterocycles. The summed E-state index contributed by atoms with van der Waals surface area (Å²) in [5.74, 6) is -0.157. The molecule has 26 heavy (non-hydrogen) atoms. The maximum absolute atomic E-state index is 12.3. The number of rotatable bonds is 7. The van der Waals surface area contributed by atoms with Crippen LogP contribution in [0, 0.1) is 0 Å². The molecule has 1 heterocycles. The van der Waals surface area contributed by atoms with Crippen molar-refractivity contribution in [1.82, 2.24) is 20.2 Å². The number of aryl methyl sites for hydroxylation is 1. The van der Waals surface area contributed by atoms with Crippen LogP contribution in [0.2, 0.25) is 0 Å². The summed E-state index contributed by atoms with van der Waals surface area (Å²) in [7, 11) is -3.43. The summed E-state index contributed by atoms with van der Waals surface area (Å²) < 4.78 is 26.3. The second kappa shape index (κ2) is 8.01. The number of aromatic amines is 1. The van der Waals surface area contributed by atoms with Gasteiger partial charge in [-0.25, -0.2) is 13.1 Å². The van der Waals surface area contributed by atoms with Crippen molar-refractivity contribution in [2.75, 3.05) is 13.1 Å². The molecule has 8 heteroatoms. The lowest BCUT2D eigenvalue weighted by Gasteiger charge is -2.11. The largest absolute Gasteiger partial charge is 0.350 e. The molecule has 0 fully saturated rings. The predicted octanol–water partition coefficient (Wildman–Crippen LogP) is 1.56. The Morgan fingerprint density at radius 3 is 2.65 bits per heavy atom. The van der Waals surface area contributed by atoms with Gasteiger partial charge in [-0.3, -0.25) is 9.89 Å². The van der Waals surface area contributed by atoms with Crippen LogP contribution in [0.3, 0.4) is 0 Å². The van der Waals surface area contributed by atoms with Crippen LogP contribution in [0.25, 0.3) is 0 Å². The van der Waals surface area contributed by atoms with Crippen LogP contribution >= 0.6 is 0 Å². The minimum Gasteiger partial charge on any atom is -0.350 e. The van der Waals surface area contributed by atoms with Crippen LogP contribution in [0.4, 0.5) is 0 Å². The van der Waals surface area contributed by atoms with Crippen molar-refractivity contribution >= 4 is 15.9 Å². The van der Waals surface area contributed by atoms with Gasteiger partial charge in [-0.1, -0.05) is 19.1 Å². The summed E-state index contributed by atoms with van der Waals surface area (Å²) in [4.78, 5) is 12.6. The van der Waals surface area contributed by atoms with Gasteiger partial charge in [0.1, 0.15) is 0 Å². The zero-order valence-corrected chi connectivity index (χ0v) is 15.7. The Kier molecular flexibility index (Phi) is 5.73. The number of carbonyl (C=O) groups is 1. The van der Waals surface area contributed by atoms with Gasteiger partial charge >= 0.3 is 0 Å². The highest BCUT2D eigenvalue weighted by Gasteiger charge is 2.21. The third-order valence-corrected chi connectivity index (χ3v) is 6.10. The average molecular weight is 376 g/mol. The lowest BCUT2D eigenvalue weighted by Crippen LogP contribution is -2.27. The Hall–Kier alpha value is -2.19. The van der Waals surface area contributed by atoms with Crippen LogP contribution in [0.5, 0.6) is 0 Å². The molecule has 0 atom stereocenters. The first-order valence-electron chi connectivity index (χ1n) is 8.94. The fourth-order valence-electron chi connectivity index (χ4n) is 3.18. The molecule has 0 saturated heterocycles. The first-order chi connectivity index (χ1) is 12.5. The van der Waals surface area contributed by atoms with Gasteiger partial charge in [-0.05, 0) is 49.8 Å². The van der Waals surface area contributed by atoms with Crippen LogP contribution in [-0.2, 0) is 29.3 Å². The highest BCUT2D eigenvalue weighted by molar-refractivity contribution is 7.89. The molecule has 3 rings (SSSR count). The van der Waals surface area contributed by atoms with E-state index in [1.807, 2.05) is 0 Å². The smallest absolute Gasteiger partial charge is 0.272 e. The quantitative estimate of drug-likeness (QED) is 0.682. The fraction of sp³-hybridized carbons (Fsp3) is 0.444. The second-order valence-corrected chi connectivity index (χ2v) is 8.15. The number of hydrogen-bond acceptors (Lipinski definition) is 4. The molecule has 0 saturated carbocycles. The summed E-state index contributed by atoms with van der Waals surface area (Å²) in [6, 6.07) is 6.71. The normalized spacial score (nSPS) is 14.0. The molecule has 140 valence electrons. The van der Waals surface area contributed by atoms with E-state index < -0.39 is 10.0 Å². The van der Waals surface area contributed by atoms with E-state index >= 15 is 0 Å². The van der Waals surface area contributed by atoms with E-state index in [2.05, 4.69) is 20.2 Å². The van der Waals surface area contributed by atoms with Gasteiger partial charge in [0.2, 0.25) is 10.0 Å². The van der Waals surface area contributed by atoms with Crippen molar-refractivity contribution in [2.45, 2.75) is 43.9 Å². The van der Waals surface area contributed by atoms with Crippen LogP contribution in [0.15, 0.2) is 29.2 Å². The first-order valence-corrected chi connectivity index (χ1v) is 10.4. The van der Waals surface area contributed by atoms with Gasteiger partial charge in [0, 0.05) is 24.3 Å². The van der Waals surface area contributed by atoms with Crippen LogP contribution in [0.1, 0.15) is 47.1 Å². The fourth-order valence-corrected chi connectivity index (χ4v) is 4.22. The molecule has 0 bridgehead atoms. The number of fused-ring (bicyclic) bond motifs is 1. The van der Waals surface area contributed by atoms with Gasteiger partial charge in [-0.15, -0.1) is 0 Å². The number of aromatic nitrogens is 2. The van der Waals surface area contributed by atoms with E-state index in [0.29, 0.717) is 25.2 Å². The molecule has 0 radical (unpaired) electrons. The van der Waals surface area contributed by atoms with Crippen molar-refractivity contribution in [3.8, 4) is 0 Å². The van der Waals surface area contributed by atoms with Crippen molar-refractivity contribution in [3.63, 3.8) is 0 Å². The third kappa shape index (κ3) is 4.13. The molecule has 1 amide bonds. The number of H-pyrrole nitrogens is 1. The van der Waals surface area contributed by atoms with Crippen molar-refractivity contribution in [3.05, 3.63) is 46.8 Å². The zero-order valence-electron chi connectivity index (χ0n) is 14.8. The van der Waals surface area contributed by atoms with Crippen LogP contribution in [-0.4, -0.2) is 37.6 Å². The Balaban J connectivity index is 1.55. The molecule has 0 unspecified atom stereocenters. The molecular formula is C18H24N4O3S. The zero-order chi connectivity index (χ0) is 18.6. The average Bonchev–Trinajstić information content (AvgIpc) is 3.06. The van der Waals surface area contributed by atoms with Gasteiger partial charge < -0.3 is 5.32 Å². The van der Waals surface area contributed by atoms with Gasteiger partial charge in [-0.2, -0.15) is 5.10 Å². The minimum atomic E-state index is -3.43. The summed E-state index contributed by atoms with van der Waals surface area (Å²) in [6.07, 6.45) is 4.71. The molecule has 1 aromatic heterocycles. The summed E-state index contributed by atoms with van der Waals surface area (Å²) in [5.41, 5.74) is 3.60. The third-order valence-electron chi connectivity index (χ3n) is 4.54. The Labute approximate surface area is 153 Å². The molecule has 1 aliphatic carbocycles. The molecule has 0 spiro atoms. The molecular weight excluding hydrogens is 352 g/mol. The summed E-state index contributed by atoms with van der Waals surface area (Å²) >= 11 is 0. The van der Waals surface area contributed by atoms with Gasteiger partial charge in [0.05, 0.1) is 4.90 Å². The van der Waals surface area contributed by atoms with E-state index in [1.54, 1.807) is 31.2 Å². The summed E-state index contributed by atoms with van der Waals surface area (Å²) in [6.45, 7) is 2.57. The number of benzene rings is 1. The highest BCUT2D eigenvalue weighted by atomic mass is 32.2. The minimum absolute atomic E-state index is 0.157. The van der Waals surface area contributed by atoms with Gasteiger partial charge in [0.15, 0.2) is 5.69 Å². The second-order valence-electron chi connectivity index (χ2n) is 6.39. The number of sulfonamides is 1. The van der Waals surface area contributed by atoms with E-state index in [4.69, 9.17) is 0 Å². The summed E-state index contributed by atoms with van der Waals surface area (Å²) in [5, 5.41) is 10.0. The molecule has 1 aromatic carbocycles. The lowest BCUT2D eigenvalue weighted by molar-refractivity contribution is 0.0948. The maximum Gasteiger partial charge on any atom is 0.272 e. The standard InChI is InChI=1S/C18H24N4O3S/c1-2-20-26(24,25)14-9-7-13(8-10-14)11-12-19-18(23)17-15-5-3-4-6-16(15)21-22-17/h7-10,20H,2-6,11-12H2,1H3,(H,19,23)(H,21,22). The number of amides is 1. The number of hydrogen-bond donors (Lipinski definition) is 3. The van der Waals surface area contributed by atoms with E-state index in [-0.39, 0.29) is 10.8 Å². The number of nitrogens with zero attached hydrogens (tertiary/aromatic N) is 1. The van der Waals surface area contributed by atoms with Crippen molar-refractivity contribution < 1.29 is 13.2 Å². The maximum atomic E-state index is 12.3. The van der Waals surface area contributed by atoms with E-state index in [9.17, 15) is 13.2 Å². The number of nitrogens with one attached hydrogen (secondary N) is 3. The number of carbonyl (C=O) groups excluding carboxylic acids is 1.